The van der Waals surface area contributed by atoms with Gasteiger partial charge in [-0.05, 0) is 0 Å². The van der Waals surface area contributed by atoms with Crippen LogP contribution in [0.1, 0.15) is 0 Å². The van der Waals surface area contributed by atoms with Gasteiger partial charge < -0.3 is 24.8 Å². The van der Waals surface area contributed by atoms with Crippen molar-refractivity contribution in [3.63, 3.8) is 0 Å². The third kappa shape index (κ3) is 2.37. The average Bonchev–Trinajstić information content (AvgIpc) is 2.34. The van der Waals surface area contributed by atoms with E-state index in [2.05, 4.69) is 4.90 Å². The van der Waals surface area contributed by atoms with Gasteiger partial charge in [0.15, 0.2) is 0 Å². The summed E-state index contributed by atoms with van der Waals surface area (Å²) in [6, 6.07) is -0.207. The van der Waals surface area contributed by atoms with Gasteiger partial charge in [0, 0.05) is 13.1 Å². The van der Waals surface area contributed by atoms with E-state index >= 15 is 0 Å². The zero-order chi connectivity index (χ0) is 11.5. The van der Waals surface area contributed by atoms with Crippen LogP contribution >= 0.6 is 0 Å². The number of hydrogen-bond acceptors (Lipinski definition) is 6. The Hall–Kier alpha value is -0.240. The van der Waals surface area contributed by atoms with Crippen LogP contribution in [0.5, 0.6) is 0 Å². The van der Waals surface area contributed by atoms with E-state index in [-0.39, 0.29) is 12.6 Å². The predicted molar refractivity (Wildman–Crippen MR) is 55.0 cm³/mol. The molecule has 16 heavy (non-hydrogen) atoms. The minimum atomic E-state index is -1.02. The molecule has 94 valence electrons. The van der Waals surface area contributed by atoms with Gasteiger partial charge in [0.05, 0.1) is 32.5 Å². The Bertz CT molecular complexity index is 221. The largest absolute Gasteiger partial charge is 0.394 e. The van der Waals surface area contributed by atoms with Crippen molar-refractivity contribution in [2.75, 3.05) is 39.5 Å². The maximum absolute atomic E-state index is 9.97. The lowest BCUT2D eigenvalue weighted by Gasteiger charge is -2.43. The zero-order valence-electron chi connectivity index (χ0n) is 9.16. The standard InChI is InChI=1S/C10H19NO5/c12-5-8-10(14)9(13)7(6-16-8)11-1-3-15-4-2-11/h7-10,12-14H,1-6H2/t7-,8+,9+,10-/m0/s1. The molecule has 3 N–H and O–H groups in total. The van der Waals surface area contributed by atoms with Gasteiger partial charge in [-0.25, -0.2) is 0 Å². The molecule has 0 bridgehead atoms. The summed E-state index contributed by atoms with van der Waals surface area (Å²) >= 11 is 0. The topological polar surface area (TPSA) is 82.4 Å². The monoisotopic (exact) mass is 233 g/mol. The third-order valence-electron chi connectivity index (χ3n) is 3.30. The lowest BCUT2D eigenvalue weighted by atomic mass is 9.97. The van der Waals surface area contributed by atoms with E-state index in [0.717, 1.165) is 13.1 Å². The Morgan fingerprint density at radius 2 is 1.81 bits per heavy atom. The molecule has 0 aliphatic carbocycles. The molecule has 2 aliphatic rings. The number of aliphatic hydroxyl groups excluding tert-OH is 3. The fraction of sp³-hybridized carbons (Fsp3) is 1.00. The van der Waals surface area contributed by atoms with Crippen molar-refractivity contribution >= 4 is 0 Å². The van der Waals surface area contributed by atoms with Crippen LogP contribution in [-0.4, -0.2) is 84.1 Å². The summed E-state index contributed by atoms with van der Waals surface area (Å²) in [5, 5.41) is 28.7. The fourth-order valence-electron chi connectivity index (χ4n) is 2.26. The van der Waals surface area contributed by atoms with Gasteiger partial charge in [0.25, 0.3) is 0 Å². The minimum Gasteiger partial charge on any atom is -0.394 e. The Labute approximate surface area is 94.4 Å². The van der Waals surface area contributed by atoms with E-state index in [4.69, 9.17) is 14.6 Å². The Morgan fingerprint density at radius 3 is 2.44 bits per heavy atom. The molecule has 0 aromatic rings. The number of hydrogen-bond donors (Lipinski definition) is 3. The highest BCUT2D eigenvalue weighted by Crippen LogP contribution is 2.20. The molecule has 2 aliphatic heterocycles. The maximum atomic E-state index is 9.97. The molecular formula is C10H19NO5. The Morgan fingerprint density at radius 1 is 1.12 bits per heavy atom. The van der Waals surface area contributed by atoms with Crippen LogP contribution in [0.3, 0.4) is 0 Å². The second-order valence-corrected chi connectivity index (χ2v) is 4.25. The van der Waals surface area contributed by atoms with Gasteiger partial charge in [-0.3, -0.25) is 4.90 Å². The van der Waals surface area contributed by atoms with E-state index in [1.807, 2.05) is 0 Å². The lowest BCUT2D eigenvalue weighted by molar-refractivity contribution is -0.187. The summed E-state index contributed by atoms with van der Waals surface area (Å²) < 4.78 is 10.6. The molecule has 0 amide bonds. The lowest BCUT2D eigenvalue weighted by Crippen LogP contribution is -2.61. The number of rotatable bonds is 2. The zero-order valence-corrected chi connectivity index (χ0v) is 9.16. The summed E-state index contributed by atoms with van der Waals surface area (Å²) in [6.07, 6.45) is -2.57. The van der Waals surface area contributed by atoms with E-state index in [9.17, 15) is 10.2 Å². The summed E-state index contributed by atoms with van der Waals surface area (Å²) in [5.41, 5.74) is 0. The van der Waals surface area contributed by atoms with Crippen LogP contribution in [0.2, 0.25) is 0 Å². The van der Waals surface area contributed by atoms with Crippen molar-refractivity contribution in [3.05, 3.63) is 0 Å². The van der Waals surface area contributed by atoms with E-state index in [1.165, 1.54) is 0 Å². The molecule has 0 aromatic carbocycles. The molecule has 6 nitrogen and oxygen atoms in total. The number of nitrogens with zero attached hydrogens (tertiary/aromatic N) is 1. The maximum Gasteiger partial charge on any atom is 0.110 e. The van der Waals surface area contributed by atoms with Crippen LogP contribution in [0.25, 0.3) is 0 Å². The molecule has 4 atom stereocenters. The number of ether oxygens (including phenoxy) is 2. The van der Waals surface area contributed by atoms with Crippen molar-refractivity contribution in [3.8, 4) is 0 Å². The summed E-state index contributed by atoms with van der Waals surface area (Å²) in [4.78, 5) is 2.06. The molecule has 2 saturated heterocycles. The Kier molecular flexibility index (Phi) is 4.12. The molecule has 0 spiro atoms. The summed E-state index contributed by atoms with van der Waals surface area (Å²) in [7, 11) is 0. The molecule has 0 radical (unpaired) electrons. The highest BCUT2D eigenvalue weighted by Gasteiger charge is 2.40. The van der Waals surface area contributed by atoms with Crippen molar-refractivity contribution < 1.29 is 24.8 Å². The van der Waals surface area contributed by atoms with Crippen molar-refractivity contribution in [2.45, 2.75) is 24.4 Å². The molecule has 2 heterocycles. The molecule has 2 fully saturated rings. The number of morpholine rings is 1. The Balaban J connectivity index is 1.95. The first-order valence-corrected chi connectivity index (χ1v) is 5.64. The SMILES string of the molecule is OC[C@H]1OC[C@H](N2CCOCC2)[C@@H](O)[C@H]1O. The highest BCUT2D eigenvalue weighted by molar-refractivity contribution is 4.92. The van der Waals surface area contributed by atoms with Crippen molar-refractivity contribution in [1.82, 2.24) is 4.90 Å². The van der Waals surface area contributed by atoms with Gasteiger partial charge in [0.1, 0.15) is 18.3 Å². The third-order valence-corrected chi connectivity index (χ3v) is 3.30. The molecule has 2 rings (SSSR count). The molecule has 6 heteroatoms. The second kappa shape index (κ2) is 5.39. The second-order valence-electron chi connectivity index (χ2n) is 4.25. The van der Waals surface area contributed by atoms with Gasteiger partial charge >= 0.3 is 0 Å². The van der Waals surface area contributed by atoms with Crippen LogP contribution in [0.4, 0.5) is 0 Å². The van der Waals surface area contributed by atoms with Crippen LogP contribution in [-0.2, 0) is 9.47 Å². The van der Waals surface area contributed by atoms with Crippen LogP contribution in [0.15, 0.2) is 0 Å². The van der Waals surface area contributed by atoms with Crippen LogP contribution < -0.4 is 0 Å². The highest BCUT2D eigenvalue weighted by atomic mass is 16.5. The van der Waals surface area contributed by atoms with E-state index in [1.54, 1.807) is 0 Å². The first-order chi connectivity index (χ1) is 7.74. The molecule has 0 aromatic heterocycles. The average molecular weight is 233 g/mol. The smallest absolute Gasteiger partial charge is 0.110 e. The first-order valence-electron chi connectivity index (χ1n) is 5.64. The first kappa shape index (κ1) is 12.2. The summed E-state index contributed by atoms with van der Waals surface area (Å²) in [6.45, 7) is 2.83. The normalized spacial score (nSPS) is 42.2. The molecule has 0 saturated carbocycles. The van der Waals surface area contributed by atoms with Crippen molar-refractivity contribution in [2.24, 2.45) is 0 Å². The molecular weight excluding hydrogens is 214 g/mol. The fourth-order valence-corrected chi connectivity index (χ4v) is 2.26. The predicted octanol–water partition coefficient (Wildman–Crippen LogP) is -2.20. The minimum absolute atomic E-state index is 0.207. The van der Waals surface area contributed by atoms with Crippen molar-refractivity contribution in [1.29, 1.82) is 0 Å². The van der Waals surface area contributed by atoms with Gasteiger partial charge in [-0.2, -0.15) is 0 Å². The van der Waals surface area contributed by atoms with Gasteiger partial charge in [0.2, 0.25) is 0 Å². The summed E-state index contributed by atoms with van der Waals surface area (Å²) in [5.74, 6) is 0. The molecule has 0 unspecified atom stereocenters. The van der Waals surface area contributed by atoms with E-state index in [0.29, 0.717) is 19.8 Å². The van der Waals surface area contributed by atoms with Gasteiger partial charge in [-0.1, -0.05) is 0 Å². The number of aliphatic hydroxyl groups is 3. The van der Waals surface area contributed by atoms with Crippen LogP contribution in [0, 0.1) is 0 Å². The van der Waals surface area contributed by atoms with E-state index < -0.39 is 18.3 Å². The van der Waals surface area contributed by atoms with Gasteiger partial charge in [-0.15, -0.1) is 0 Å². The quantitative estimate of drug-likeness (QED) is 0.502.